The van der Waals surface area contributed by atoms with Crippen LogP contribution in [0.2, 0.25) is 0 Å². The number of hydrogen-bond donors (Lipinski definition) is 1. The Kier molecular flexibility index (Phi) is 3.50. The first-order valence-corrected chi connectivity index (χ1v) is 6.08. The van der Waals surface area contributed by atoms with Gasteiger partial charge in [0.15, 0.2) is 0 Å². The monoisotopic (exact) mass is 216 g/mol. The van der Waals surface area contributed by atoms with Gasteiger partial charge in [0.05, 0.1) is 0 Å². The Morgan fingerprint density at radius 1 is 1.31 bits per heavy atom. The summed E-state index contributed by atoms with van der Waals surface area (Å²) in [6.45, 7) is 6.57. The molecule has 1 heterocycles. The summed E-state index contributed by atoms with van der Waals surface area (Å²) in [5.74, 6) is 0.660. The van der Waals surface area contributed by atoms with Gasteiger partial charge in [0.2, 0.25) is 0 Å². The van der Waals surface area contributed by atoms with Crippen LogP contribution in [0.25, 0.3) is 0 Å². The molecule has 0 radical (unpaired) electrons. The average molecular weight is 216 g/mol. The quantitative estimate of drug-likeness (QED) is 0.835. The predicted molar refractivity (Wildman–Crippen MR) is 69.6 cm³/mol. The molecular formula is C14H20N2. The highest BCUT2D eigenvalue weighted by molar-refractivity contribution is 5.51. The van der Waals surface area contributed by atoms with Crippen LogP contribution in [0.4, 0.5) is 5.69 Å². The van der Waals surface area contributed by atoms with E-state index in [4.69, 9.17) is 0 Å². The molecule has 0 saturated carbocycles. The van der Waals surface area contributed by atoms with Crippen molar-refractivity contribution in [3.05, 3.63) is 42.2 Å². The Hall–Kier alpha value is -1.44. The molecule has 0 amide bonds. The van der Waals surface area contributed by atoms with Crippen LogP contribution in [0.5, 0.6) is 0 Å². The van der Waals surface area contributed by atoms with Crippen molar-refractivity contribution in [1.82, 2.24) is 5.32 Å². The summed E-state index contributed by atoms with van der Waals surface area (Å²) in [4.78, 5) is 2.27. The van der Waals surface area contributed by atoms with E-state index in [-0.39, 0.29) is 0 Å². The molecule has 2 heteroatoms. The standard InChI is InChI=1S/C14H20N2/c1-3-12(2)13-4-6-14(7-5-13)16-10-8-15-9-11-16/h4-8,10,12,15H,3,9,11H2,1-2H3. The van der Waals surface area contributed by atoms with Gasteiger partial charge in [0.1, 0.15) is 0 Å². The van der Waals surface area contributed by atoms with Gasteiger partial charge in [0, 0.05) is 31.2 Å². The van der Waals surface area contributed by atoms with E-state index < -0.39 is 0 Å². The van der Waals surface area contributed by atoms with Crippen LogP contribution < -0.4 is 10.2 Å². The summed E-state index contributed by atoms with van der Waals surface area (Å²) >= 11 is 0. The first-order valence-electron chi connectivity index (χ1n) is 6.08. The minimum Gasteiger partial charge on any atom is -0.388 e. The molecule has 1 N–H and O–H groups in total. The molecule has 1 aromatic carbocycles. The van der Waals surface area contributed by atoms with Crippen molar-refractivity contribution in [3.8, 4) is 0 Å². The minimum atomic E-state index is 0.660. The smallest absolute Gasteiger partial charge is 0.0407 e. The van der Waals surface area contributed by atoms with Crippen LogP contribution in [-0.4, -0.2) is 13.1 Å². The summed E-state index contributed by atoms with van der Waals surface area (Å²) in [7, 11) is 0. The molecule has 2 nitrogen and oxygen atoms in total. The Morgan fingerprint density at radius 3 is 2.62 bits per heavy atom. The number of benzene rings is 1. The highest BCUT2D eigenvalue weighted by Gasteiger charge is 2.07. The molecule has 86 valence electrons. The van der Waals surface area contributed by atoms with Gasteiger partial charge in [-0.25, -0.2) is 0 Å². The molecule has 2 rings (SSSR count). The van der Waals surface area contributed by atoms with Gasteiger partial charge in [-0.15, -0.1) is 0 Å². The molecule has 0 aromatic heterocycles. The summed E-state index contributed by atoms with van der Waals surface area (Å²) < 4.78 is 0. The van der Waals surface area contributed by atoms with Crippen LogP contribution in [0.15, 0.2) is 36.7 Å². The summed E-state index contributed by atoms with van der Waals surface area (Å²) in [5.41, 5.74) is 2.72. The lowest BCUT2D eigenvalue weighted by molar-refractivity contribution is 0.732. The Balaban J connectivity index is 2.12. The van der Waals surface area contributed by atoms with Crippen LogP contribution >= 0.6 is 0 Å². The maximum Gasteiger partial charge on any atom is 0.0407 e. The van der Waals surface area contributed by atoms with Crippen molar-refractivity contribution < 1.29 is 0 Å². The molecule has 16 heavy (non-hydrogen) atoms. The highest BCUT2D eigenvalue weighted by atomic mass is 15.2. The third-order valence-corrected chi connectivity index (χ3v) is 3.28. The minimum absolute atomic E-state index is 0.660. The van der Waals surface area contributed by atoms with Crippen molar-refractivity contribution >= 4 is 5.69 Å². The van der Waals surface area contributed by atoms with E-state index in [1.807, 2.05) is 6.20 Å². The number of rotatable bonds is 3. The van der Waals surface area contributed by atoms with Gasteiger partial charge >= 0.3 is 0 Å². The van der Waals surface area contributed by atoms with Gasteiger partial charge < -0.3 is 10.2 Å². The molecular weight excluding hydrogens is 196 g/mol. The van der Waals surface area contributed by atoms with E-state index in [1.165, 1.54) is 17.7 Å². The van der Waals surface area contributed by atoms with Crippen LogP contribution in [-0.2, 0) is 0 Å². The van der Waals surface area contributed by atoms with Gasteiger partial charge in [-0.1, -0.05) is 26.0 Å². The third kappa shape index (κ3) is 2.38. The van der Waals surface area contributed by atoms with Gasteiger partial charge in [0.25, 0.3) is 0 Å². The van der Waals surface area contributed by atoms with Crippen LogP contribution in [0, 0.1) is 0 Å². The topological polar surface area (TPSA) is 15.3 Å². The Morgan fingerprint density at radius 2 is 2.06 bits per heavy atom. The summed E-state index contributed by atoms with van der Waals surface area (Å²) in [5, 5.41) is 3.20. The van der Waals surface area contributed by atoms with Crippen molar-refractivity contribution in [3.63, 3.8) is 0 Å². The molecule has 0 fully saturated rings. The molecule has 1 aliphatic rings. The number of anilines is 1. The third-order valence-electron chi connectivity index (χ3n) is 3.28. The van der Waals surface area contributed by atoms with E-state index in [1.54, 1.807) is 0 Å². The van der Waals surface area contributed by atoms with Gasteiger partial charge in [-0.05, 0) is 30.0 Å². The SMILES string of the molecule is CCC(C)c1ccc(N2C=CNCC2)cc1. The van der Waals surface area contributed by atoms with Gasteiger partial charge in [-0.3, -0.25) is 0 Å². The number of hydrogen-bond acceptors (Lipinski definition) is 2. The first-order chi connectivity index (χ1) is 7.81. The fourth-order valence-electron chi connectivity index (χ4n) is 1.93. The Bertz CT molecular complexity index is 354. The largest absolute Gasteiger partial charge is 0.388 e. The van der Waals surface area contributed by atoms with E-state index in [0.29, 0.717) is 5.92 Å². The molecule has 0 saturated heterocycles. The first kappa shape index (κ1) is 11.1. The zero-order valence-electron chi connectivity index (χ0n) is 10.1. The van der Waals surface area contributed by atoms with Crippen molar-refractivity contribution in [2.75, 3.05) is 18.0 Å². The van der Waals surface area contributed by atoms with Crippen molar-refractivity contribution in [1.29, 1.82) is 0 Å². The van der Waals surface area contributed by atoms with Crippen molar-refractivity contribution in [2.24, 2.45) is 0 Å². The second-order valence-electron chi connectivity index (χ2n) is 4.36. The average Bonchev–Trinajstić information content (AvgIpc) is 2.39. The molecule has 0 bridgehead atoms. The zero-order valence-corrected chi connectivity index (χ0v) is 10.1. The molecule has 1 aromatic rings. The maximum atomic E-state index is 3.20. The zero-order chi connectivity index (χ0) is 11.4. The summed E-state index contributed by atoms with van der Waals surface area (Å²) in [6, 6.07) is 8.94. The lowest BCUT2D eigenvalue weighted by atomic mass is 9.98. The second-order valence-corrected chi connectivity index (χ2v) is 4.36. The van der Waals surface area contributed by atoms with Crippen molar-refractivity contribution in [2.45, 2.75) is 26.2 Å². The maximum absolute atomic E-state index is 3.20. The molecule has 0 aliphatic carbocycles. The highest BCUT2D eigenvalue weighted by Crippen LogP contribution is 2.22. The lowest BCUT2D eigenvalue weighted by Gasteiger charge is -2.24. The number of nitrogens with zero attached hydrogens (tertiary/aromatic N) is 1. The van der Waals surface area contributed by atoms with E-state index in [9.17, 15) is 0 Å². The van der Waals surface area contributed by atoms with E-state index in [2.05, 4.69) is 54.5 Å². The normalized spacial score (nSPS) is 17.0. The predicted octanol–water partition coefficient (Wildman–Crippen LogP) is 3.08. The lowest BCUT2D eigenvalue weighted by Crippen LogP contribution is -2.30. The van der Waals surface area contributed by atoms with E-state index >= 15 is 0 Å². The molecule has 1 atom stereocenters. The summed E-state index contributed by atoms with van der Waals surface area (Å²) in [6.07, 6.45) is 5.31. The Labute approximate surface area is 98.0 Å². The van der Waals surface area contributed by atoms with Gasteiger partial charge in [-0.2, -0.15) is 0 Å². The fourth-order valence-corrected chi connectivity index (χ4v) is 1.93. The number of nitrogens with one attached hydrogen (secondary N) is 1. The second kappa shape index (κ2) is 5.06. The molecule has 1 unspecified atom stereocenters. The fraction of sp³-hybridized carbons (Fsp3) is 0.429. The van der Waals surface area contributed by atoms with Crippen LogP contribution in [0.3, 0.4) is 0 Å². The van der Waals surface area contributed by atoms with Crippen LogP contribution in [0.1, 0.15) is 31.7 Å². The van der Waals surface area contributed by atoms with E-state index in [0.717, 1.165) is 13.1 Å². The molecule has 0 spiro atoms. The molecule has 1 aliphatic heterocycles.